The molecule has 1 heterocycles. The summed E-state index contributed by atoms with van der Waals surface area (Å²) in [7, 11) is 3.46. The van der Waals surface area contributed by atoms with Gasteiger partial charge in [0.1, 0.15) is 0 Å². The van der Waals surface area contributed by atoms with Crippen LogP contribution in [0.25, 0.3) is 0 Å². The van der Waals surface area contributed by atoms with Crippen LogP contribution in [0.4, 0.5) is 0 Å². The van der Waals surface area contributed by atoms with Crippen molar-refractivity contribution in [3.8, 4) is 0 Å². The van der Waals surface area contributed by atoms with Crippen molar-refractivity contribution >= 4 is 21.9 Å². The van der Waals surface area contributed by atoms with E-state index in [1.807, 2.05) is 0 Å². The molecule has 1 saturated heterocycles. The molecule has 6 heteroatoms. The van der Waals surface area contributed by atoms with E-state index in [1.54, 1.807) is 14.2 Å². The zero-order chi connectivity index (χ0) is 12.7. The van der Waals surface area contributed by atoms with Crippen LogP contribution in [0, 0.1) is 0 Å². The Balaban J connectivity index is 2.48. The summed E-state index contributed by atoms with van der Waals surface area (Å²) in [5.41, 5.74) is 0. The van der Waals surface area contributed by atoms with Gasteiger partial charge in [-0.25, -0.2) is 0 Å². The maximum Gasteiger partial charge on any atom is 0.194 e. The fraction of sp³-hybridized carbons (Fsp3) is 0.727. The molecule has 1 aliphatic rings. The number of guanidine groups is 1. The van der Waals surface area contributed by atoms with E-state index in [4.69, 9.17) is 9.47 Å². The van der Waals surface area contributed by atoms with Crippen molar-refractivity contribution in [3.05, 3.63) is 11.1 Å². The molecule has 0 amide bonds. The van der Waals surface area contributed by atoms with Crippen molar-refractivity contribution < 1.29 is 9.47 Å². The van der Waals surface area contributed by atoms with Gasteiger partial charge in [-0.2, -0.15) is 0 Å². The lowest BCUT2D eigenvalue weighted by Gasteiger charge is -2.34. The van der Waals surface area contributed by atoms with E-state index in [0.717, 1.165) is 23.5 Å². The van der Waals surface area contributed by atoms with Crippen LogP contribution >= 0.6 is 15.9 Å². The van der Waals surface area contributed by atoms with Gasteiger partial charge in [-0.1, -0.05) is 22.5 Å². The van der Waals surface area contributed by atoms with Crippen LogP contribution in [0.15, 0.2) is 16.1 Å². The molecule has 1 aliphatic heterocycles. The zero-order valence-electron chi connectivity index (χ0n) is 10.4. The molecule has 0 aliphatic carbocycles. The molecule has 0 radical (unpaired) electrons. The van der Waals surface area contributed by atoms with Crippen molar-refractivity contribution in [1.29, 1.82) is 0 Å². The summed E-state index contributed by atoms with van der Waals surface area (Å²) in [5, 5.41) is 3.23. The zero-order valence-corrected chi connectivity index (χ0v) is 12.0. The number of methoxy groups -OCH3 is 1. The van der Waals surface area contributed by atoms with Gasteiger partial charge in [-0.15, -0.1) is 0 Å². The van der Waals surface area contributed by atoms with Crippen LogP contribution in [0.5, 0.6) is 0 Å². The Bertz CT molecular complexity index is 282. The van der Waals surface area contributed by atoms with Crippen LogP contribution in [-0.4, -0.2) is 64.0 Å². The van der Waals surface area contributed by atoms with Crippen molar-refractivity contribution in [3.63, 3.8) is 0 Å². The van der Waals surface area contributed by atoms with Crippen LogP contribution in [-0.2, 0) is 9.47 Å². The molecular formula is C11H20BrN3O2. The minimum Gasteiger partial charge on any atom is -0.382 e. The van der Waals surface area contributed by atoms with Gasteiger partial charge in [0, 0.05) is 38.3 Å². The van der Waals surface area contributed by atoms with Crippen LogP contribution in [0.2, 0.25) is 0 Å². The predicted octanol–water partition coefficient (Wildman–Crippen LogP) is 0.818. The third kappa shape index (κ3) is 5.06. The molecule has 0 bridgehead atoms. The molecule has 0 spiro atoms. The topological polar surface area (TPSA) is 46.1 Å². The highest BCUT2D eigenvalue weighted by Crippen LogP contribution is 2.06. The molecule has 0 aromatic rings. The molecule has 1 atom stereocenters. The van der Waals surface area contributed by atoms with Crippen molar-refractivity contribution in [2.24, 2.45) is 4.99 Å². The van der Waals surface area contributed by atoms with Crippen LogP contribution < -0.4 is 5.32 Å². The smallest absolute Gasteiger partial charge is 0.194 e. The van der Waals surface area contributed by atoms with E-state index in [-0.39, 0.29) is 6.10 Å². The van der Waals surface area contributed by atoms with Gasteiger partial charge in [0.2, 0.25) is 0 Å². The SMILES string of the molecule is C=C(Br)CNC(=NC)N1CCOC(COC)C1. The quantitative estimate of drug-likeness (QED) is 0.617. The predicted molar refractivity (Wildman–Crippen MR) is 72.6 cm³/mol. The summed E-state index contributed by atoms with van der Waals surface area (Å²) in [5.74, 6) is 0.870. The largest absolute Gasteiger partial charge is 0.382 e. The molecular weight excluding hydrogens is 286 g/mol. The average Bonchev–Trinajstić information content (AvgIpc) is 2.30. The molecule has 98 valence electrons. The third-order valence-corrected chi connectivity index (χ3v) is 2.72. The third-order valence-electron chi connectivity index (χ3n) is 2.44. The number of morpholine rings is 1. The lowest BCUT2D eigenvalue weighted by molar-refractivity contribution is -0.0446. The Morgan fingerprint density at radius 3 is 3.06 bits per heavy atom. The second kappa shape index (κ2) is 7.68. The first-order valence-corrected chi connectivity index (χ1v) is 6.36. The summed E-state index contributed by atoms with van der Waals surface area (Å²) in [6.07, 6.45) is 0.111. The number of nitrogens with one attached hydrogen (secondary N) is 1. The van der Waals surface area contributed by atoms with Gasteiger partial charge in [0.25, 0.3) is 0 Å². The fourth-order valence-corrected chi connectivity index (χ4v) is 1.85. The van der Waals surface area contributed by atoms with Gasteiger partial charge in [-0.05, 0) is 0 Å². The standard InChI is InChI=1S/C11H20BrN3O2/c1-9(12)6-14-11(13-2)15-4-5-17-10(7-15)8-16-3/h10H,1,4-8H2,2-3H3,(H,13,14). The maximum absolute atomic E-state index is 5.59. The molecule has 5 nitrogen and oxygen atoms in total. The molecule has 0 aromatic carbocycles. The Hall–Kier alpha value is -0.590. The van der Waals surface area contributed by atoms with E-state index >= 15 is 0 Å². The Morgan fingerprint density at radius 2 is 2.47 bits per heavy atom. The lowest BCUT2D eigenvalue weighted by Crippen LogP contribution is -2.51. The normalized spacial score (nSPS) is 21.5. The lowest BCUT2D eigenvalue weighted by atomic mass is 10.3. The number of nitrogens with zero attached hydrogens (tertiary/aromatic N) is 2. The Morgan fingerprint density at radius 1 is 1.71 bits per heavy atom. The number of rotatable bonds is 4. The molecule has 1 N–H and O–H groups in total. The van der Waals surface area contributed by atoms with Gasteiger partial charge in [-0.3, -0.25) is 4.99 Å². The van der Waals surface area contributed by atoms with Gasteiger partial charge >= 0.3 is 0 Å². The molecule has 17 heavy (non-hydrogen) atoms. The molecule has 0 saturated carbocycles. The van der Waals surface area contributed by atoms with E-state index in [1.165, 1.54) is 0 Å². The summed E-state index contributed by atoms with van der Waals surface area (Å²) in [4.78, 5) is 6.42. The molecule has 1 fully saturated rings. The van der Waals surface area contributed by atoms with E-state index in [2.05, 4.69) is 37.7 Å². The van der Waals surface area contributed by atoms with Crippen molar-refractivity contribution in [2.75, 3.05) is 47.0 Å². The Kier molecular flexibility index (Phi) is 6.54. The van der Waals surface area contributed by atoms with Crippen molar-refractivity contribution in [1.82, 2.24) is 10.2 Å². The van der Waals surface area contributed by atoms with E-state index in [0.29, 0.717) is 19.8 Å². The van der Waals surface area contributed by atoms with Crippen molar-refractivity contribution in [2.45, 2.75) is 6.10 Å². The summed E-state index contributed by atoms with van der Waals surface area (Å²) in [6, 6.07) is 0. The highest BCUT2D eigenvalue weighted by atomic mass is 79.9. The first-order chi connectivity index (χ1) is 8.17. The minimum absolute atomic E-state index is 0.111. The second-order valence-corrected chi connectivity index (χ2v) is 4.93. The summed E-state index contributed by atoms with van der Waals surface area (Å²) < 4.78 is 11.6. The highest BCUT2D eigenvalue weighted by molar-refractivity contribution is 9.11. The van der Waals surface area contributed by atoms with Gasteiger partial charge in [0.05, 0.1) is 19.3 Å². The molecule has 0 aromatic heterocycles. The maximum atomic E-state index is 5.59. The number of halogens is 1. The van der Waals surface area contributed by atoms with Gasteiger partial charge in [0.15, 0.2) is 5.96 Å². The first-order valence-electron chi connectivity index (χ1n) is 5.56. The summed E-state index contributed by atoms with van der Waals surface area (Å²) in [6.45, 7) is 7.40. The monoisotopic (exact) mass is 305 g/mol. The van der Waals surface area contributed by atoms with E-state index in [9.17, 15) is 0 Å². The minimum atomic E-state index is 0.111. The summed E-state index contributed by atoms with van der Waals surface area (Å²) >= 11 is 3.32. The Labute approximate surface area is 111 Å². The molecule has 1 rings (SSSR count). The number of hydrogen-bond acceptors (Lipinski definition) is 3. The van der Waals surface area contributed by atoms with Crippen LogP contribution in [0.1, 0.15) is 0 Å². The van der Waals surface area contributed by atoms with Gasteiger partial charge < -0.3 is 19.7 Å². The number of ether oxygens (including phenoxy) is 2. The first kappa shape index (κ1) is 14.5. The average molecular weight is 306 g/mol. The fourth-order valence-electron chi connectivity index (χ4n) is 1.71. The number of aliphatic imine (C=N–C) groups is 1. The molecule has 1 unspecified atom stereocenters. The number of hydrogen-bond donors (Lipinski definition) is 1. The van der Waals surface area contributed by atoms with Crippen LogP contribution in [0.3, 0.4) is 0 Å². The highest BCUT2D eigenvalue weighted by Gasteiger charge is 2.22. The van der Waals surface area contributed by atoms with E-state index < -0.39 is 0 Å². The second-order valence-electron chi connectivity index (χ2n) is 3.81.